The van der Waals surface area contributed by atoms with Gasteiger partial charge >= 0.3 is 0 Å². The van der Waals surface area contributed by atoms with Gasteiger partial charge < -0.3 is 14.8 Å². The third-order valence-electron chi connectivity index (χ3n) is 7.27. The Morgan fingerprint density at radius 1 is 1.12 bits per heavy atom. The van der Waals surface area contributed by atoms with Crippen LogP contribution in [0.4, 0.5) is 4.39 Å². The molecule has 3 aromatic carbocycles. The van der Waals surface area contributed by atoms with Crippen molar-refractivity contribution in [2.45, 2.75) is 18.8 Å². The molecule has 2 heterocycles. The number of hydrogen-bond donors (Lipinski definition) is 1. The van der Waals surface area contributed by atoms with E-state index in [1.165, 1.54) is 12.1 Å². The molecule has 0 bridgehead atoms. The number of pyridine rings is 1. The zero-order chi connectivity index (χ0) is 28.9. The summed E-state index contributed by atoms with van der Waals surface area (Å²) in [4.78, 5) is 17.9. The van der Waals surface area contributed by atoms with Crippen molar-refractivity contribution < 1.29 is 18.7 Å². The highest BCUT2D eigenvalue weighted by Gasteiger charge is 2.22. The number of amides is 1. The number of nitrogens with zero attached hydrogens (tertiary/aromatic N) is 4. The maximum atomic E-state index is 13.7. The molecular weight excluding hydrogens is 521 g/mol. The van der Waals surface area contributed by atoms with Crippen LogP contribution in [0.25, 0.3) is 33.1 Å². The number of carbonyl (C=O) groups excluding carboxylic acids is 1. The van der Waals surface area contributed by atoms with Gasteiger partial charge in [-0.3, -0.25) is 14.5 Å². The van der Waals surface area contributed by atoms with Crippen molar-refractivity contribution in [1.82, 2.24) is 20.1 Å². The number of methoxy groups -OCH3 is 2. The van der Waals surface area contributed by atoms with Crippen LogP contribution in [-0.4, -0.2) is 48.0 Å². The first-order chi connectivity index (χ1) is 19.9. The van der Waals surface area contributed by atoms with Crippen molar-refractivity contribution >= 4 is 27.7 Å². The van der Waals surface area contributed by atoms with Crippen molar-refractivity contribution in [3.63, 3.8) is 0 Å². The summed E-state index contributed by atoms with van der Waals surface area (Å²) in [5.41, 5.74) is 5.54. The lowest BCUT2D eigenvalue weighted by Gasteiger charge is -2.18. The van der Waals surface area contributed by atoms with Crippen molar-refractivity contribution in [3.05, 3.63) is 89.4 Å². The highest BCUT2D eigenvalue weighted by Crippen LogP contribution is 2.36. The first kappa shape index (κ1) is 27.7. The Morgan fingerprint density at radius 2 is 1.88 bits per heavy atom. The Hall–Kier alpha value is -4.81. The first-order valence-corrected chi connectivity index (χ1v) is 13.3. The molecular formula is C32H30FN5O3. The Labute approximate surface area is 237 Å². The van der Waals surface area contributed by atoms with Gasteiger partial charge in [-0.05, 0) is 54.3 Å². The van der Waals surface area contributed by atoms with Gasteiger partial charge in [-0.2, -0.15) is 10.4 Å². The summed E-state index contributed by atoms with van der Waals surface area (Å²) in [6, 6.07) is 19.5. The zero-order valence-electron chi connectivity index (χ0n) is 23.1. The summed E-state index contributed by atoms with van der Waals surface area (Å²) in [7, 11) is 5.07. The molecule has 41 heavy (non-hydrogen) atoms. The average Bonchev–Trinajstić information content (AvgIpc) is 3.34. The third-order valence-corrected chi connectivity index (χ3v) is 7.27. The molecule has 0 aliphatic rings. The number of halogens is 1. The monoisotopic (exact) mass is 551 g/mol. The van der Waals surface area contributed by atoms with E-state index in [0.29, 0.717) is 37.3 Å². The first-order valence-electron chi connectivity index (χ1n) is 13.3. The van der Waals surface area contributed by atoms with E-state index >= 15 is 0 Å². The van der Waals surface area contributed by atoms with Crippen molar-refractivity contribution in [2.75, 3.05) is 27.4 Å². The molecule has 1 unspecified atom stereocenters. The van der Waals surface area contributed by atoms with Crippen LogP contribution in [0.2, 0.25) is 0 Å². The number of nitriles is 1. The number of benzene rings is 3. The molecule has 208 valence electrons. The van der Waals surface area contributed by atoms with Crippen molar-refractivity contribution in [3.8, 4) is 23.1 Å². The summed E-state index contributed by atoms with van der Waals surface area (Å²) < 4.78 is 26.3. The molecule has 0 saturated carbocycles. The van der Waals surface area contributed by atoms with Gasteiger partial charge in [0.1, 0.15) is 17.3 Å². The standard InChI is InChI=1S/C32H30FN5O3/c1-38-28-19-36-27-17-29(41-3)23(16-26(27)30(28)31(37-38)22-6-4-20(18-34)5-7-22)10-13-25(32(39)35-14-15-40-2)21-8-11-24(33)12-9-21/h4-9,11-12,16-17,19,25H,10,13-15H2,1-3H3,(H,35,39). The topological polar surface area (TPSA) is 102 Å². The normalized spacial score (nSPS) is 11.9. The maximum absolute atomic E-state index is 13.7. The number of aryl methyl sites for hydroxylation is 2. The van der Waals surface area contributed by atoms with E-state index < -0.39 is 5.92 Å². The van der Waals surface area contributed by atoms with Crippen LogP contribution in [0, 0.1) is 17.1 Å². The number of rotatable bonds is 10. The minimum Gasteiger partial charge on any atom is -0.496 e. The lowest BCUT2D eigenvalue weighted by atomic mass is 9.90. The third kappa shape index (κ3) is 5.74. The fraction of sp³-hybridized carbons (Fsp3) is 0.250. The molecule has 9 heteroatoms. The van der Waals surface area contributed by atoms with Gasteiger partial charge in [0.15, 0.2) is 0 Å². The van der Waals surface area contributed by atoms with Crippen molar-refractivity contribution in [2.24, 2.45) is 7.05 Å². The van der Waals surface area contributed by atoms with Gasteiger partial charge in [0.2, 0.25) is 5.91 Å². The van der Waals surface area contributed by atoms with Gasteiger partial charge in [-0.25, -0.2) is 4.39 Å². The summed E-state index contributed by atoms with van der Waals surface area (Å²) in [6.07, 6.45) is 2.80. The number of carbonyl (C=O) groups is 1. The predicted molar refractivity (Wildman–Crippen MR) is 155 cm³/mol. The van der Waals surface area contributed by atoms with Crippen LogP contribution < -0.4 is 10.1 Å². The molecule has 1 amide bonds. The Balaban J connectivity index is 1.55. The van der Waals surface area contributed by atoms with Crippen LogP contribution in [0.15, 0.2) is 66.9 Å². The fourth-order valence-corrected chi connectivity index (χ4v) is 5.14. The second-order valence-electron chi connectivity index (χ2n) is 9.79. The summed E-state index contributed by atoms with van der Waals surface area (Å²) >= 11 is 0. The summed E-state index contributed by atoms with van der Waals surface area (Å²) in [5, 5.41) is 18.8. The molecule has 1 N–H and O–H groups in total. The number of ether oxygens (including phenoxy) is 2. The highest BCUT2D eigenvalue weighted by molar-refractivity contribution is 6.11. The van der Waals surface area contributed by atoms with Crippen LogP contribution >= 0.6 is 0 Å². The van der Waals surface area contributed by atoms with Crippen LogP contribution in [0.1, 0.15) is 29.0 Å². The average molecular weight is 552 g/mol. The number of fused-ring (bicyclic) bond motifs is 3. The quantitative estimate of drug-likeness (QED) is 0.237. The van der Waals surface area contributed by atoms with Crippen LogP contribution in [0.5, 0.6) is 5.75 Å². The SMILES string of the molecule is COCCNC(=O)C(CCc1cc2c(cc1OC)ncc1c2c(-c2ccc(C#N)cc2)nn1C)c1ccc(F)cc1. The van der Waals surface area contributed by atoms with Gasteiger partial charge in [-0.1, -0.05) is 24.3 Å². The molecule has 0 aliphatic heterocycles. The van der Waals surface area contributed by atoms with E-state index in [1.807, 2.05) is 25.2 Å². The smallest absolute Gasteiger partial charge is 0.227 e. The lowest BCUT2D eigenvalue weighted by Crippen LogP contribution is -2.32. The summed E-state index contributed by atoms with van der Waals surface area (Å²) in [5.74, 6) is -0.317. The second-order valence-corrected chi connectivity index (χ2v) is 9.79. The van der Waals surface area contributed by atoms with E-state index in [9.17, 15) is 14.4 Å². The van der Waals surface area contributed by atoms with E-state index in [1.54, 1.807) is 49.4 Å². The molecule has 0 fully saturated rings. The van der Waals surface area contributed by atoms with Crippen LogP contribution in [-0.2, 0) is 23.0 Å². The highest BCUT2D eigenvalue weighted by atomic mass is 19.1. The minimum atomic E-state index is -0.491. The Bertz CT molecular complexity index is 1740. The van der Waals surface area contributed by atoms with Crippen LogP contribution in [0.3, 0.4) is 0 Å². The number of aromatic nitrogens is 3. The number of nitrogens with one attached hydrogen (secondary N) is 1. The zero-order valence-corrected chi connectivity index (χ0v) is 23.1. The molecule has 0 radical (unpaired) electrons. The van der Waals surface area contributed by atoms with E-state index in [2.05, 4.69) is 22.4 Å². The minimum absolute atomic E-state index is 0.146. The molecule has 5 aromatic rings. The van der Waals surface area contributed by atoms with E-state index in [4.69, 9.17) is 14.6 Å². The van der Waals surface area contributed by atoms with E-state index in [-0.39, 0.29) is 11.7 Å². The fourth-order valence-electron chi connectivity index (χ4n) is 5.14. The number of hydrogen-bond acceptors (Lipinski definition) is 6. The molecule has 5 rings (SSSR count). The lowest BCUT2D eigenvalue weighted by molar-refractivity contribution is -0.122. The van der Waals surface area contributed by atoms with Gasteiger partial charge in [-0.15, -0.1) is 0 Å². The second kappa shape index (κ2) is 12.1. The Kier molecular flexibility index (Phi) is 8.22. The predicted octanol–water partition coefficient (Wildman–Crippen LogP) is 5.29. The van der Waals surface area contributed by atoms with Gasteiger partial charge in [0.25, 0.3) is 0 Å². The summed E-state index contributed by atoms with van der Waals surface area (Å²) in [6.45, 7) is 0.783. The molecule has 8 nitrogen and oxygen atoms in total. The molecule has 1 atom stereocenters. The molecule has 0 saturated heterocycles. The molecule has 0 spiro atoms. The van der Waals surface area contributed by atoms with E-state index in [0.717, 1.165) is 44.2 Å². The van der Waals surface area contributed by atoms with Gasteiger partial charge in [0.05, 0.1) is 48.5 Å². The largest absolute Gasteiger partial charge is 0.496 e. The van der Waals surface area contributed by atoms with Gasteiger partial charge in [0, 0.05) is 43.1 Å². The molecule has 2 aromatic heterocycles. The maximum Gasteiger partial charge on any atom is 0.227 e. The Morgan fingerprint density at radius 3 is 2.56 bits per heavy atom. The molecule has 0 aliphatic carbocycles. The van der Waals surface area contributed by atoms with Crippen molar-refractivity contribution in [1.29, 1.82) is 5.26 Å².